The van der Waals surface area contributed by atoms with Gasteiger partial charge in [0.1, 0.15) is 5.78 Å². The number of carboxylic acids is 1. The predicted molar refractivity (Wildman–Crippen MR) is 86.0 cm³/mol. The minimum atomic E-state index is -0.892. The summed E-state index contributed by atoms with van der Waals surface area (Å²) in [7, 11) is 0. The minimum absolute atomic E-state index is 0.0249. The Balaban J connectivity index is 4.26. The maximum Gasteiger partial charge on any atom is 0.309 e. The molecule has 0 aliphatic heterocycles. The molecule has 0 saturated carbocycles. The monoisotopic (exact) mass is 335 g/mol. The number of nitrogens with zero attached hydrogens (tertiary/aromatic N) is 3. The van der Waals surface area contributed by atoms with E-state index in [9.17, 15) is 14.4 Å². The summed E-state index contributed by atoms with van der Waals surface area (Å²) < 4.78 is 0. The Morgan fingerprint density at radius 2 is 1.33 bits per heavy atom. The quantitative estimate of drug-likeness (QED) is 0.484. The molecular weight excluding hydrogens is 310 g/mol. The summed E-state index contributed by atoms with van der Waals surface area (Å²) in [5.74, 6) is -1.44. The van der Waals surface area contributed by atoms with Gasteiger partial charge >= 0.3 is 5.97 Å². The predicted octanol–water partition coefficient (Wildman–Crippen LogP) is 2.82. The van der Waals surface area contributed by atoms with Crippen molar-refractivity contribution in [2.75, 3.05) is 0 Å². The number of hydrogen-bond donors (Lipinski definition) is 1. The molecule has 0 aliphatic rings. The highest BCUT2D eigenvalue weighted by Gasteiger charge is 2.32. The topological polar surface area (TPSA) is 122 Å². The summed E-state index contributed by atoms with van der Waals surface area (Å²) in [5, 5.41) is 26.4. The van der Waals surface area contributed by atoms with Crippen LogP contribution in [0.2, 0.25) is 0 Å². The van der Waals surface area contributed by atoms with Crippen LogP contribution in [0.4, 0.5) is 0 Å². The summed E-state index contributed by atoms with van der Waals surface area (Å²) in [4.78, 5) is 35.3. The van der Waals surface area contributed by atoms with Gasteiger partial charge in [0, 0.05) is 18.3 Å². The molecule has 1 N–H and O–H groups in total. The standard InChI is InChI=1S/C17H25N3O4/c1-16(2,14(22)20(11-18)12-19)9-5-7-13(21)8-6-10-17(3,4)15(23)24/h5-10H2,1-4H3,(H,23,24). The third kappa shape index (κ3) is 6.78. The van der Waals surface area contributed by atoms with Crippen molar-refractivity contribution >= 4 is 17.7 Å². The summed E-state index contributed by atoms with van der Waals surface area (Å²) in [5.41, 5.74) is -1.73. The Labute approximate surface area is 142 Å². The third-order valence-electron chi connectivity index (χ3n) is 4.08. The molecule has 0 saturated heterocycles. The van der Waals surface area contributed by atoms with Gasteiger partial charge in [-0.25, -0.2) is 0 Å². The van der Waals surface area contributed by atoms with Crippen LogP contribution in [0.5, 0.6) is 0 Å². The van der Waals surface area contributed by atoms with Gasteiger partial charge in [0.05, 0.1) is 5.41 Å². The first kappa shape index (κ1) is 21.6. The largest absolute Gasteiger partial charge is 0.481 e. The second-order valence-electron chi connectivity index (χ2n) is 7.16. The van der Waals surface area contributed by atoms with E-state index in [0.29, 0.717) is 43.4 Å². The van der Waals surface area contributed by atoms with E-state index in [1.165, 1.54) is 12.4 Å². The van der Waals surface area contributed by atoms with Crippen molar-refractivity contribution < 1.29 is 19.5 Å². The number of hydrogen-bond acceptors (Lipinski definition) is 5. The van der Waals surface area contributed by atoms with Gasteiger partial charge in [0.2, 0.25) is 12.4 Å². The van der Waals surface area contributed by atoms with Crippen LogP contribution in [-0.2, 0) is 14.4 Å². The van der Waals surface area contributed by atoms with Crippen LogP contribution in [0.25, 0.3) is 0 Å². The SMILES string of the molecule is CC(C)(CCCC(=O)CCCC(C)(C)C(=O)N(C#N)C#N)C(=O)O. The zero-order valence-corrected chi connectivity index (χ0v) is 14.8. The van der Waals surface area contributed by atoms with Crippen LogP contribution in [0, 0.1) is 33.7 Å². The number of ketones is 1. The van der Waals surface area contributed by atoms with Gasteiger partial charge in [-0.15, -0.1) is 4.90 Å². The van der Waals surface area contributed by atoms with E-state index >= 15 is 0 Å². The molecule has 0 atom stereocenters. The zero-order valence-electron chi connectivity index (χ0n) is 14.8. The van der Waals surface area contributed by atoms with Crippen molar-refractivity contribution in [3.05, 3.63) is 0 Å². The second kappa shape index (κ2) is 9.02. The molecule has 24 heavy (non-hydrogen) atoms. The summed E-state index contributed by atoms with van der Waals surface area (Å²) in [6.45, 7) is 6.53. The number of carbonyl (C=O) groups excluding carboxylic acids is 2. The molecular formula is C17H25N3O4. The number of aliphatic carboxylic acids is 1. The second-order valence-corrected chi connectivity index (χ2v) is 7.16. The van der Waals surface area contributed by atoms with Crippen LogP contribution in [0.15, 0.2) is 0 Å². The summed E-state index contributed by atoms with van der Waals surface area (Å²) in [6, 6.07) is 0. The lowest BCUT2D eigenvalue weighted by atomic mass is 9.84. The van der Waals surface area contributed by atoms with Gasteiger partial charge < -0.3 is 5.11 Å². The average Bonchev–Trinajstić information content (AvgIpc) is 2.47. The van der Waals surface area contributed by atoms with E-state index in [1.54, 1.807) is 27.7 Å². The van der Waals surface area contributed by atoms with Crippen molar-refractivity contribution in [3.63, 3.8) is 0 Å². The number of nitriles is 2. The van der Waals surface area contributed by atoms with Crippen molar-refractivity contribution in [3.8, 4) is 12.4 Å². The van der Waals surface area contributed by atoms with Crippen molar-refractivity contribution in [1.82, 2.24) is 4.90 Å². The van der Waals surface area contributed by atoms with Gasteiger partial charge in [-0.3, -0.25) is 14.4 Å². The fourth-order valence-electron chi connectivity index (χ4n) is 2.21. The molecule has 132 valence electrons. The highest BCUT2D eigenvalue weighted by molar-refractivity contribution is 5.84. The molecule has 0 spiro atoms. The van der Waals surface area contributed by atoms with E-state index in [1.807, 2.05) is 0 Å². The molecule has 0 rings (SSSR count). The van der Waals surface area contributed by atoms with Gasteiger partial charge in [0.25, 0.3) is 5.91 Å². The van der Waals surface area contributed by atoms with Crippen LogP contribution in [0.3, 0.4) is 0 Å². The van der Waals surface area contributed by atoms with Crippen LogP contribution < -0.4 is 0 Å². The van der Waals surface area contributed by atoms with Crippen molar-refractivity contribution in [1.29, 1.82) is 10.5 Å². The molecule has 7 heteroatoms. The highest BCUT2D eigenvalue weighted by atomic mass is 16.4. The number of amides is 1. The third-order valence-corrected chi connectivity index (χ3v) is 4.08. The van der Waals surface area contributed by atoms with E-state index in [0.717, 1.165) is 0 Å². The first-order chi connectivity index (χ1) is 11.0. The fraction of sp³-hybridized carbons (Fsp3) is 0.706. The lowest BCUT2D eigenvalue weighted by Gasteiger charge is -2.23. The molecule has 7 nitrogen and oxygen atoms in total. The van der Waals surface area contributed by atoms with E-state index < -0.39 is 22.7 Å². The fourth-order valence-corrected chi connectivity index (χ4v) is 2.21. The van der Waals surface area contributed by atoms with E-state index in [2.05, 4.69) is 0 Å². The minimum Gasteiger partial charge on any atom is -0.481 e. The number of carbonyl (C=O) groups is 3. The summed E-state index contributed by atoms with van der Waals surface area (Å²) in [6.07, 6.45) is 5.44. The van der Waals surface area contributed by atoms with Gasteiger partial charge in [-0.2, -0.15) is 10.5 Å². The molecule has 0 aromatic carbocycles. The molecule has 0 radical (unpaired) electrons. The molecule has 0 aromatic heterocycles. The first-order valence-electron chi connectivity index (χ1n) is 7.87. The lowest BCUT2D eigenvalue weighted by molar-refractivity contribution is -0.147. The van der Waals surface area contributed by atoms with Crippen LogP contribution in [-0.4, -0.2) is 27.7 Å². The van der Waals surface area contributed by atoms with E-state index in [-0.39, 0.29) is 5.78 Å². The maximum atomic E-state index is 12.0. The van der Waals surface area contributed by atoms with Crippen molar-refractivity contribution in [2.24, 2.45) is 10.8 Å². The number of carboxylic acid groups (broad SMARTS) is 1. The zero-order chi connectivity index (χ0) is 19.0. The number of rotatable bonds is 10. The lowest BCUT2D eigenvalue weighted by Crippen LogP contribution is -2.35. The smallest absolute Gasteiger partial charge is 0.309 e. The Bertz CT molecular complexity index is 553. The molecule has 0 fully saturated rings. The van der Waals surface area contributed by atoms with Crippen LogP contribution >= 0.6 is 0 Å². The molecule has 0 aliphatic carbocycles. The average molecular weight is 335 g/mol. The summed E-state index contributed by atoms with van der Waals surface area (Å²) >= 11 is 0. The Morgan fingerprint density at radius 3 is 1.71 bits per heavy atom. The molecule has 1 amide bonds. The molecule has 0 aromatic rings. The molecule has 0 heterocycles. The van der Waals surface area contributed by atoms with Gasteiger partial charge in [-0.1, -0.05) is 13.8 Å². The molecule has 0 bridgehead atoms. The van der Waals surface area contributed by atoms with Gasteiger partial charge in [-0.05, 0) is 39.5 Å². The Kier molecular flexibility index (Phi) is 8.12. The molecule has 0 unspecified atom stereocenters. The first-order valence-corrected chi connectivity index (χ1v) is 7.87. The Hall–Kier alpha value is -2.41. The van der Waals surface area contributed by atoms with Gasteiger partial charge in [0.15, 0.2) is 0 Å². The van der Waals surface area contributed by atoms with Crippen molar-refractivity contribution in [2.45, 2.75) is 66.2 Å². The van der Waals surface area contributed by atoms with E-state index in [4.69, 9.17) is 15.6 Å². The highest BCUT2D eigenvalue weighted by Crippen LogP contribution is 2.27. The normalized spacial score (nSPS) is 11.2. The number of Topliss-reactive ketones (excluding diaryl/α,β-unsaturated/α-hetero) is 1. The maximum absolute atomic E-state index is 12.0. The Morgan fingerprint density at radius 1 is 0.917 bits per heavy atom. The van der Waals surface area contributed by atoms with Crippen LogP contribution in [0.1, 0.15) is 66.2 Å².